The van der Waals surface area contributed by atoms with Crippen molar-refractivity contribution in [1.82, 2.24) is 25.1 Å². The molecule has 0 spiro atoms. The van der Waals surface area contributed by atoms with Crippen LogP contribution >= 0.6 is 0 Å². The van der Waals surface area contributed by atoms with Gasteiger partial charge in [0.05, 0.1) is 12.5 Å². The first-order valence-electron chi connectivity index (χ1n) is 7.60. The molecule has 2 aliphatic rings. The summed E-state index contributed by atoms with van der Waals surface area (Å²) in [4.78, 5) is 14.3. The normalized spacial score (nSPS) is 25.0. The number of aromatic nitrogens is 4. The van der Waals surface area contributed by atoms with Crippen LogP contribution in [0.15, 0.2) is 18.5 Å². The molecule has 8 heteroatoms. The summed E-state index contributed by atoms with van der Waals surface area (Å²) in [6, 6.07) is 4.02. The molecule has 0 radical (unpaired) electrons. The maximum Gasteiger partial charge on any atom is 0.225 e. The number of hydrogen-bond donors (Lipinski definition) is 1. The van der Waals surface area contributed by atoms with E-state index in [4.69, 9.17) is 4.74 Å². The van der Waals surface area contributed by atoms with Gasteiger partial charge in [-0.05, 0) is 25.0 Å². The quantitative estimate of drug-likeness (QED) is 0.849. The van der Waals surface area contributed by atoms with Gasteiger partial charge < -0.3 is 15.0 Å². The maximum atomic E-state index is 12.1. The summed E-state index contributed by atoms with van der Waals surface area (Å²) in [5.41, 5.74) is 0.731. The van der Waals surface area contributed by atoms with Crippen LogP contribution < -0.4 is 10.2 Å². The number of fused-ring (bicyclic) bond motifs is 1. The van der Waals surface area contributed by atoms with E-state index < -0.39 is 0 Å². The van der Waals surface area contributed by atoms with Gasteiger partial charge in [0.15, 0.2) is 5.65 Å². The highest BCUT2D eigenvalue weighted by Gasteiger charge is 2.29. The minimum Gasteiger partial charge on any atom is -0.381 e. The molecule has 0 bridgehead atoms. The predicted molar refractivity (Wildman–Crippen MR) is 78.5 cm³/mol. The fourth-order valence-electron chi connectivity index (χ4n) is 3.03. The highest BCUT2D eigenvalue weighted by atomic mass is 16.5. The molecule has 0 saturated carbocycles. The van der Waals surface area contributed by atoms with Gasteiger partial charge in [-0.25, -0.2) is 0 Å². The Morgan fingerprint density at radius 3 is 3.18 bits per heavy atom. The standard InChI is InChI=1S/C14H18N6O2/c21-14(10-4-6-22-8-10)16-11-3-5-19(7-11)13-2-1-12-17-15-9-20(12)18-13/h1-2,9-11H,3-8H2,(H,16,21)/t10-,11+/m0/s1. The number of amides is 1. The summed E-state index contributed by atoms with van der Waals surface area (Å²) in [6.45, 7) is 2.90. The van der Waals surface area contributed by atoms with E-state index in [0.29, 0.717) is 13.2 Å². The summed E-state index contributed by atoms with van der Waals surface area (Å²) in [6.07, 6.45) is 3.35. The zero-order chi connectivity index (χ0) is 14.9. The van der Waals surface area contributed by atoms with E-state index >= 15 is 0 Å². The van der Waals surface area contributed by atoms with Crippen molar-refractivity contribution in [2.45, 2.75) is 18.9 Å². The lowest BCUT2D eigenvalue weighted by Crippen LogP contribution is -2.40. The molecule has 2 aromatic heterocycles. The van der Waals surface area contributed by atoms with E-state index in [2.05, 4.69) is 25.5 Å². The molecule has 8 nitrogen and oxygen atoms in total. The van der Waals surface area contributed by atoms with Crippen molar-refractivity contribution in [1.29, 1.82) is 0 Å². The summed E-state index contributed by atoms with van der Waals surface area (Å²) < 4.78 is 6.93. The summed E-state index contributed by atoms with van der Waals surface area (Å²) in [7, 11) is 0. The van der Waals surface area contributed by atoms with E-state index in [0.717, 1.165) is 37.4 Å². The van der Waals surface area contributed by atoms with E-state index in [1.807, 2.05) is 12.1 Å². The van der Waals surface area contributed by atoms with Crippen LogP contribution in [0.25, 0.3) is 5.65 Å². The van der Waals surface area contributed by atoms with Gasteiger partial charge in [-0.2, -0.15) is 4.52 Å². The molecule has 4 heterocycles. The molecule has 22 heavy (non-hydrogen) atoms. The lowest BCUT2D eigenvalue weighted by atomic mass is 10.1. The Bertz CT molecular complexity index is 681. The van der Waals surface area contributed by atoms with Crippen LogP contribution in [0, 0.1) is 5.92 Å². The number of carbonyl (C=O) groups is 1. The van der Waals surface area contributed by atoms with Crippen LogP contribution in [-0.4, -0.2) is 58.1 Å². The van der Waals surface area contributed by atoms with Gasteiger partial charge >= 0.3 is 0 Å². The predicted octanol–water partition coefficient (Wildman–Crippen LogP) is -0.144. The zero-order valence-corrected chi connectivity index (χ0v) is 12.2. The van der Waals surface area contributed by atoms with Crippen LogP contribution in [0.3, 0.4) is 0 Å². The first kappa shape index (κ1) is 13.4. The molecule has 2 fully saturated rings. The molecule has 0 aliphatic carbocycles. The molecule has 2 aliphatic heterocycles. The van der Waals surface area contributed by atoms with Crippen LogP contribution in [0.2, 0.25) is 0 Å². The fraction of sp³-hybridized carbons (Fsp3) is 0.571. The van der Waals surface area contributed by atoms with Gasteiger partial charge in [-0.1, -0.05) is 0 Å². The van der Waals surface area contributed by atoms with E-state index in [1.165, 1.54) is 0 Å². The molecule has 116 valence electrons. The van der Waals surface area contributed by atoms with Crippen molar-refractivity contribution in [2.75, 3.05) is 31.2 Å². The molecule has 1 N–H and O–H groups in total. The van der Waals surface area contributed by atoms with Crippen LogP contribution in [-0.2, 0) is 9.53 Å². The number of ether oxygens (including phenoxy) is 1. The average Bonchev–Trinajstić information content (AvgIpc) is 3.27. The number of nitrogens with one attached hydrogen (secondary N) is 1. The zero-order valence-electron chi connectivity index (χ0n) is 12.2. The number of hydrogen-bond acceptors (Lipinski definition) is 6. The van der Waals surface area contributed by atoms with Gasteiger partial charge in [-0.15, -0.1) is 15.3 Å². The largest absolute Gasteiger partial charge is 0.381 e. The van der Waals surface area contributed by atoms with E-state index in [-0.39, 0.29) is 17.9 Å². The number of nitrogens with zero attached hydrogens (tertiary/aromatic N) is 5. The number of anilines is 1. The third kappa shape index (κ3) is 2.50. The van der Waals surface area contributed by atoms with Crippen LogP contribution in [0.5, 0.6) is 0 Å². The molecule has 0 unspecified atom stereocenters. The van der Waals surface area contributed by atoms with Crippen molar-refractivity contribution in [3.8, 4) is 0 Å². The van der Waals surface area contributed by atoms with Crippen molar-refractivity contribution in [3.05, 3.63) is 18.5 Å². The number of rotatable bonds is 3. The van der Waals surface area contributed by atoms with E-state index in [1.54, 1.807) is 10.8 Å². The summed E-state index contributed by atoms with van der Waals surface area (Å²) in [5, 5.41) is 15.4. The Labute approximate surface area is 127 Å². The molecule has 0 aromatic carbocycles. The van der Waals surface area contributed by atoms with Gasteiger partial charge in [0.2, 0.25) is 5.91 Å². The Kier molecular flexibility index (Phi) is 3.38. The minimum absolute atomic E-state index is 0.0144. The molecule has 4 rings (SSSR count). The second-order valence-electron chi connectivity index (χ2n) is 5.83. The lowest BCUT2D eigenvalue weighted by molar-refractivity contribution is -0.125. The van der Waals surface area contributed by atoms with E-state index in [9.17, 15) is 4.79 Å². The third-order valence-electron chi connectivity index (χ3n) is 4.31. The second-order valence-corrected chi connectivity index (χ2v) is 5.83. The molecular weight excluding hydrogens is 284 g/mol. The average molecular weight is 302 g/mol. The molecular formula is C14H18N6O2. The van der Waals surface area contributed by atoms with Gasteiger partial charge in [-0.3, -0.25) is 4.79 Å². The van der Waals surface area contributed by atoms with Crippen molar-refractivity contribution in [2.24, 2.45) is 5.92 Å². The highest BCUT2D eigenvalue weighted by Crippen LogP contribution is 2.19. The molecule has 2 aromatic rings. The fourth-order valence-corrected chi connectivity index (χ4v) is 3.03. The molecule has 1 amide bonds. The van der Waals surface area contributed by atoms with Gasteiger partial charge in [0.25, 0.3) is 0 Å². The Morgan fingerprint density at radius 1 is 1.36 bits per heavy atom. The smallest absolute Gasteiger partial charge is 0.225 e. The Hall–Kier alpha value is -2.22. The topological polar surface area (TPSA) is 84.7 Å². The second kappa shape index (κ2) is 5.53. The minimum atomic E-state index is 0.0144. The Balaban J connectivity index is 1.40. The van der Waals surface area contributed by atoms with Gasteiger partial charge in [0, 0.05) is 25.7 Å². The van der Waals surface area contributed by atoms with Crippen molar-refractivity contribution in [3.63, 3.8) is 0 Å². The van der Waals surface area contributed by atoms with Crippen molar-refractivity contribution >= 4 is 17.4 Å². The lowest BCUT2D eigenvalue weighted by Gasteiger charge is -2.18. The summed E-state index contributed by atoms with van der Waals surface area (Å²) >= 11 is 0. The third-order valence-corrected chi connectivity index (χ3v) is 4.31. The first-order valence-corrected chi connectivity index (χ1v) is 7.60. The van der Waals surface area contributed by atoms with Crippen molar-refractivity contribution < 1.29 is 9.53 Å². The first-order chi connectivity index (χ1) is 10.8. The van der Waals surface area contributed by atoms with Gasteiger partial charge in [0.1, 0.15) is 12.1 Å². The molecule has 2 atom stereocenters. The monoisotopic (exact) mass is 302 g/mol. The highest BCUT2D eigenvalue weighted by molar-refractivity contribution is 5.79. The number of carbonyl (C=O) groups excluding carboxylic acids is 1. The Morgan fingerprint density at radius 2 is 2.32 bits per heavy atom. The maximum absolute atomic E-state index is 12.1. The van der Waals surface area contributed by atoms with Crippen LogP contribution in [0.4, 0.5) is 5.82 Å². The van der Waals surface area contributed by atoms with Crippen LogP contribution in [0.1, 0.15) is 12.8 Å². The summed E-state index contributed by atoms with van der Waals surface area (Å²) in [5.74, 6) is 1.01. The SMILES string of the molecule is O=C(N[C@@H]1CCN(c2ccc3nncn3n2)C1)[C@H]1CCOC1. The molecule has 2 saturated heterocycles.